The van der Waals surface area contributed by atoms with E-state index in [4.69, 9.17) is 13.9 Å². The molecule has 24 heavy (non-hydrogen) atoms. The molecule has 0 atom stereocenters. The lowest BCUT2D eigenvalue weighted by atomic mass is 10.2. The lowest BCUT2D eigenvalue weighted by Crippen LogP contribution is -2.10. The molecule has 1 aromatic carbocycles. The van der Waals surface area contributed by atoms with Crippen LogP contribution in [0.3, 0.4) is 0 Å². The van der Waals surface area contributed by atoms with Crippen LogP contribution in [0.4, 0.5) is 5.69 Å². The highest BCUT2D eigenvalue weighted by Gasteiger charge is 2.18. The van der Waals surface area contributed by atoms with Gasteiger partial charge in [-0.1, -0.05) is 6.07 Å². The fraction of sp³-hybridized carbons (Fsp3) is 0.235. The summed E-state index contributed by atoms with van der Waals surface area (Å²) in [6.45, 7) is 3.10. The fourth-order valence-electron chi connectivity index (χ4n) is 1.98. The van der Waals surface area contributed by atoms with Crippen LogP contribution in [0.15, 0.2) is 41.0 Å². The van der Waals surface area contributed by atoms with Crippen LogP contribution in [0, 0.1) is 0 Å². The second kappa shape index (κ2) is 7.96. The van der Waals surface area contributed by atoms with Crippen LogP contribution in [-0.4, -0.2) is 24.5 Å². The molecule has 0 bridgehead atoms. The normalized spacial score (nSPS) is 10.1. The van der Waals surface area contributed by atoms with Crippen molar-refractivity contribution in [3.63, 3.8) is 0 Å². The van der Waals surface area contributed by atoms with Crippen molar-refractivity contribution in [2.75, 3.05) is 11.9 Å². The smallest absolute Gasteiger partial charge is 0.341 e. The van der Waals surface area contributed by atoms with E-state index in [0.717, 1.165) is 0 Å². The lowest BCUT2D eigenvalue weighted by Gasteiger charge is -2.07. The molecule has 2 rings (SSSR count). The maximum Gasteiger partial charge on any atom is 0.341 e. The minimum atomic E-state index is -0.603. The van der Waals surface area contributed by atoms with E-state index in [-0.39, 0.29) is 36.0 Å². The highest BCUT2D eigenvalue weighted by atomic mass is 16.5. The third-order valence-electron chi connectivity index (χ3n) is 2.99. The summed E-state index contributed by atoms with van der Waals surface area (Å²) in [7, 11) is 0. The molecular weight excluding hydrogens is 314 g/mol. The van der Waals surface area contributed by atoms with E-state index in [1.807, 2.05) is 0 Å². The van der Waals surface area contributed by atoms with E-state index < -0.39 is 11.9 Å². The first-order valence-corrected chi connectivity index (χ1v) is 7.29. The maximum atomic E-state index is 12.1. The zero-order valence-electron chi connectivity index (χ0n) is 13.3. The second-order valence-electron chi connectivity index (χ2n) is 4.82. The van der Waals surface area contributed by atoms with Gasteiger partial charge in [-0.25, -0.2) is 9.59 Å². The van der Waals surface area contributed by atoms with Gasteiger partial charge in [-0.05, 0) is 31.2 Å². The molecule has 126 valence electrons. The van der Waals surface area contributed by atoms with E-state index in [9.17, 15) is 14.4 Å². The van der Waals surface area contributed by atoms with E-state index >= 15 is 0 Å². The number of rotatable bonds is 6. The third-order valence-corrected chi connectivity index (χ3v) is 2.99. The van der Waals surface area contributed by atoms with Crippen molar-refractivity contribution in [1.29, 1.82) is 0 Å². The predicted molar refractivity (Wildman–Crippen MR) is 84.5 cm³/mol. The number of nitrogens with one attached hydrogen (secondary N) is 1. The number of ether oxygens (including phenoxy) is 2. The van der Waals surface area contributed by atoms with Crippen LogP contribution in [0.2, 0.25) is 0 Å². The summed E-state index contributed by atoms with van der Waals surface area (Å²) in [5.41, 5.74) is 0.976. The second-order valence-corrected chi connectivity index (χ2v) is 4.82. The first-order valence-electron chi connectivity index (χ1n) is 7.29. The monoisotopic (exact) mass is 331 g/mol. The Labute approximate surface area is 138 Å². The number of carbonyl (C=O) groups excluding carboxylic acids is 3. The van der Waals surface area contributed by atoms with Crippen molar-refractivity contribution in [1.82, 2.24) is 0 Å². The number of carbonyl (C=O) groups is 3. The Morgan fingerprint density at radius 2 is 1.92 bits per heavy atom. The number of benzene rings is 1. The van der Waals surface area contributed by atoms with Crippen LogP contribution in [0.25, 0.3) is 0 Å². The summed E-state index contributed by atoms with van der Waals surface area (Å²) < 4.78 is 15.2. The van der Waals surface area contributed by atoms with E-state index in [0.29, 0.717) is 5.69 Å². The van der Waals surface area contributed by atoms with Gasteiger partial charge in [0.25, 0.3) is 0 Å². The molecule has 0 aliphatic heterocycles. The molecule has 1 N–H and O–H groups in total. The Kier molecular flexibility index (Phi) is 5.73. The van der Waals surface area contributed by atoms with Gasteiger partial charge in [-0.15, -0.1) is 0 Å². The molecule has 1 aromatic heterocycles. The molecule has 0 aliphatic rings. The molecule has 0 radical (unpaired) electrons. The van der Waals surface area contributed by atoms with Crippen molar-refractivity contribution in [2.24, 2.45) is 0 Å². The van der Waals surface area contributed by atoms with Crippen LogP contribution in [-0.2, 0) is 20.9 Å². The average molecular weight is 331 g/mol. The Bertz CT molecular complexity index is 749. The van der Waals surface area contributed by atoms with E-state index in [2.05, 4.69) is 5.32 Å². The standard InChI is InChI=1S/C17H17NO6/c1-3-22-17(21)14-7-8-23-15(14)10-24-16(20)12-5-4-6-13(9-12)18-11(2)19/h4-9H,3,10H2,1-2H3,(H,18,19). The van der Waals surface area contributed by atoms with Gasteiger partial charge in [0.05, 0.1) is 18.4 Å². The minimum Gasteiger partial charge on any atom is -0.465 e. The first kappa shape index (κ1) is 17.3. The Hall–Kier alpha value is -3.09. The molecule has 1 heterocycles. The van der Waals surface area contributed by atoms with Gasteiger partial charge in [0.15, 0.2) is 12.4 Å². The largest absolute Gasteiger partial charge is 0.465 e. The molecule has 0 saturated heterocycles. The topological polar surface area (TPSA) is 94.8 Å². The zero-order chi connectivity index (χ0) is 17.5. The third kappa shape index (κ3) is 4.45. The number of esters is 2. The van der Waals surface area contributed by atoms with Crippen LogP contribution in [0.5, 0.6) is 0 Å². The van der Waals surface area contributed by atoms with Gasteiger partial charge in [0.1, 0.15) is 5.56 Å². The predicted octanol–water partition coefficient (Wildman–Crippen LogP) is 2.77. The fourth-order valence-corrected chi connectivity index (χ4v) is 1.98. The molecule has 0 spiro atoms. The summed E-state index contributed by atoms with van der Waals surface area (Å²) in [4.78, 5) is 34.9. The average Bonchev–Trinajstić information content (AvgIpc) is 3.01. The molecule has 2 aromatic rings. The number of amides is 1. The van der Waals surface area contributed by atoms with Gasteiger partial charge >= 0.3 is 11.9 Å². The van der Waals surface area contributed by atoms with E-state index in [1.165, 1.54) is 25.3 Å². The molecule has 7 nitrogen and oxygen atoms in total. The van der Waals surface area contributed by atoms with Gasteiger partial charge < -0.3 is 19.2 Å². The number of anilines is 1. The number of hydrogen-bond donors (Lipinski definition) is 1. The molecule has 0 fully saturated rings. The van der Waals surface area contributed by atoms with Crippen molar-refractivity contribution in [3.8, 4) is 0 Å². The Morgan fingerprint density at radius 3 is 2.62 bits per heavy atom. The summed E-state index contributed by atoms with van der Waals surface area (Å²) in [6, 6.07) is 7.79. The summed E-state index contributed by atoms with van der Waals surface area (Å²) >= 11 is 0. The molecular formula is C17H17NO6. The quantitative estimate of drug-likeness (QED) is 0.818. The van der Waals surface area contributed by atoms with Crippen molar-refractivity contribution in [2.45, 2.75) is 20.5 Å². The molecule has 0 unspecified atom stereocenters. The highest BCUT2D eigenvalue weighted by molar-refractivity contribution is 5.94. The SMILES string of the molecule is CCOC(=O)c1ccoc1COC(=O)c1cccc(NC(C)=O)c1. The Morgan fingerprint density at radius 1 is 1.12 bits per heavy atom. The van der Waals surface area contributed by atoms with Crippen molar-refractivity contribution in [3.05, 3.63) is 53.5 Å². The minimum absolute atomic E-state index is 0.204. The summed E-state index contributed by atoms with van der Waals surface area (Å²) in [6.07, 6.45) is 1.33. The van der Waals surface area contributed by atoms with E-state index in [1.54, 1.807) is 25.1 Å². The molecule has 7 heteroatoms. The lowest BCUT2D eigenvalue weighted by molar-refractivity contribution is -0.114. The van der Waals surface area contributed by atoms with Crippen molar-refractivity contribution < 1.29 is 28.3 Å². The number of furan rings is 1. The van der Waals surface area contributed by atoms with Gasteiger partial charge in [-0.2, -0.15) is 0 Å². The van der Waals surface area contributed by atoms with Gasteiger partial charge in [-0.3, -0.25) is 4.79 Å². The number of hydrogen-bond acceptors (Lipinski definition) is 6. The van der Waals surface area contributed by atoms with Crippen molar-refractivity contribution >= 4 is 23.5 Å². The highest BCUT2D eigenvalue weighted by Crippen LogP contribution is 2.16. The molecule has 0 saturated carbocycles. The Balaban J connectivity index is 2.02. The zero-order valence-corrected chi connectivity index (χ0v) is 13.3. The summed E-state index contributed by atoms with van der Waals surface area (Å²) in [5, 5.41) is 2.58. The molecule has 0 aliphatic carbocycles. The van der Waals surface area contributed by atoms with Gasteiger partial charge in [0.2, 0.25) is 5.91 Å². The van der Waals surface area contributed by atoms with Crippen LogP contribution >= 0.6 is 0 Å². The van der Waals surface area contributed by atoms with Crippen LogP contribution in [0.1, 0.15) is 40.3 Å². The molecule has 1 amide bonds. The van der Waals surface area contributed by atoms with Crippen LogP contribution < -0.4 is 5.32 Å². The summed E-state index contributed by atoms with van der Waals surface area (Å²) in [5.74, 6) is -1.17. The maximum absolute atomic E-state index is 12.1. The first-order chi connectivity index (χ1) is 11.5. The van der Waals surface area contributed by atoms with Gasteiger partial charge in [0, 0.05) is 12.6 Å².